The van der Waals surface area contributed by atoms with Gasteiger partial charge in [-0.2, -0.15) is 0 Å². The van der Waals surface area contributed by atoms with Gasteiger partial charge in [0.1, 0.15) is 11.4 Å². The summed E-state index contributed by atoms with van der Waals surface area (Å²) in [6.07, 6.45) is 1.08. The van der Waals surface area contributed by atoms with Gasteiger partial charge in [0.05, 0.1) is 12.7 Å². The predicted octanol–water partition coefficient (Wildman–Crippen LogP) is 3.05. The zero-order valence-corrected chi connectivity index (χ0v) is 13.2. The van der Waals surface area contributed by atoms with E-state index in [1.54, 1.807) is 6.92 Å². The minimum atomic E-state index is -1.17. The van der Waals surface area contributed by atoms with Crippen LogP contribution in [0.2, 0.25) is 0 Å². The summed E-state index contributed by atoms with van der Waals surface area (Å²) in [5, 5.41) is 2.56. The lowest BCUT2D eigenvalue weighted by Crippen LogP contribution is -2.52. The van der Waals surface area contributed by atoms with Crippen LogP contribution in [0, 0.1) is 5.82 Å². The molecule has 0 aliphatic heterocycles. The van der Waals surface area contributed by atoms with Gasteiger partial charge in [0, 0.05) is 4.47 Å². The Hall–Kier alpha value is -1.43. The largest absolute Gasteiger partial charge is 0.467 e. The van der Waals surface area contributed by atoms with Crippen LogP contribution in [0.25, 0.3) is 0 Å². The number of methoxy groups -OCH3 is 1. The van der Waals surface area contributed by atoms with Gasteiger partial charge >= 0.3 is 5.97 Å². The van der Waals surface area contributed by atoms with Crippen molar-refractivity contribution in [3.8, 4) is 0 Å². The zero-order valence-electron chi connectivity index (χ0n) is 11.6. The van der Waals surface area contributed by atoms with Crippen molar-refractivity contribution in [2.45, 2.75) is 32.2 Å². The molecule has 0 fully saturated rings. The number of hydrogen-bond donors (Lipinski definition) is 1. The molecule has 0 saturated carbocycles. The zero-order chi connectivity index (χ0) is 15.3. The average Bonchev–Trinajstić information content (AvgIpc) is 2.40. The molecular formula is C14H17BrFNO3. The van der Waals surface area contributed by atoms with Gasteiger partial charge in [-0.25, -0.2) is 9.18 Å². The van der Waals surface area contributed by atoms with E-state index < -0.39 is 23.2 Å². The normalized spacial score (nSPS) is 13.4. The fourth-order valence-corrected chi connectivity index (χ4v) is 2.29. The number of carbonyl (C=O) groups excluding carboxylic acids is 2. The summed E-state index contributed by atoms with van der Waals surface area (Å²) < 4.78 is 19.0. The Morgan fingerprint density at radius 1 is 1.45 bits per heavy atom. The van der Waals surface area contributed by atoms with E-state index >= 15 is 0 Å². The number of amides is 1. The topological polar surface area (TPSA) is 55.4 Å². The van der Waals surface area contributed by atoms with Crippen LogP contribution in [0.3, 0.4) is 0 Å². The van der Waals surface area contributed by atoms with Crippen LogP contribution in [0.1, 0.15) is 37.0 Å². The maximum absolute atomic E-state index is 13.7. The lowest BCUT2D eigenvalue weighted by molar-refractivity contribution is -0.147. The van der Waals surface area contributed by atoms with Crippen molar-refractivity contribution in [1.82, 2.24) is 5.32 Å². The third-order valence-electron chi connectivity index (χ3n) is 2.95. The Bertz CT molecular complexity index is 521. The van der Waals surface area contributed by atoms with Crippen LogP contribution in [-0.2, 0) is 9.53 Å². The van der Waals surface area contributed by atoms with E-state index in [1.807, 2.05) is 6.92 Å². The SMILES string of the molecule is CCCC(C)(NC(=O)c1cc(Br)ccc1F)C(=O)OC. The van der Waals surface area contributed by atoms with Gasteiger partial charge < -0.3 is 10.1 Å². The molecule has 1 aromatic rings. The summed E-state index contributed by atoms with van der Waals surface area (Å²) in [6, 6.07) is 4.06. The molecular weight excluding hydrogens is 329 g/mol. The molecule has 0 aromatic heterocycles. The second-order valence-corrected chi connectivity index (χ2v) is 5.57. The first kappa shape index (κ1) is 16.6. The Balaban J connectivity index is 3.02. The Morgan fingerprint density at radius 2 is 2.10 bits per heavy atom. The molecule has 0 heterocycles. The van der Waals surface area contributed by atoms with Crippen LogP contribution < -0.4 is 5.32 Å². The summed E-state index contributed by atoms with van der Waals surface area (Å²) in [5.41, 5.74) is -1.29. The van der Waals surface area contributed by atoms with Gasteiger partial charge in [0.25, 0.3) is 5.91 Å². The number of hydrogen-bond acceptors (Lipinski definition) is 3. The minimum Gasteiger partial charge on any atom is -0.467 e. The number of ether oxygens (including phenoxy) is 1. The molecule has 1 aromatic carbocycles. The lowest BCUT2D eigenvalue weighted by atomic mass is 9.95. The van der Waals surface area contributed by atoms with Gasteiger partial charge in [-0.1, -0.05) is 29.3 Å². The van der Waals surface area contributed by atoms with Crippen molar-refractivity contribution in [1.29, 1.82) is 0 Å². The van der Waals surface area contributed by atoms with Crippen molar-refractivity contribution >= 4 is 27.8 Å². The molecule has 0 bridgehead atoms. The molecule has 1 N–H and O–H groups in total. The van der Waals surface area contributed by atoms with E-state index in [2.05, 4.69) is 21.2 Å². The van der Waals surface area contributed by atoms with Gasteiger partial charge in [-0.15, -0.1) is 0 Å². The molecule has 1 rings (SSSR count). The molecule has 0 aliphatic carbocycles. The first-order chi connectivity index (χ1) is 9.34. The summed E-state index contributed by atoms with van der Waals surface area (Å²) in [6.45, 7) is 3.45. The van der Waals surface area contributed by atoms with Crippen molar-refractivity contribution < 1.29 is 18.7 Å². The maximum Gasteiger partial charge on any atom is 0.331 e. The first-order valence-electron chi connectivity index (χ1n) is 6.20. The van der Waals surface area contributed by atoms with Crippen LogP contribution >= 0.6 is 15.9 Å². The van der Waals surface area contributed by atoms with Gasteiger partial charge in [-0.3, -0.25) is 4.79 Å². The van der Waals surface area contributed by atoms with E-state index in [9.17, 15) is 14.0 Å². The number of benzene rings is 1. The third kappa shape index (κ3) is 3.79. The van der Waals surface area contributed by atoms with E-state index in [-0.39, 0.29) is 5.56 Å². The third-order valence-corrected chi connectivity index (χ3v) is 3.44. The minimum absolute atomic E-state index is 0.120. The molecule has 20 heavy (non-hydrogen) atoms. The summed E-state index contributed by atoms with van der Waals surface area (Å²) >= 11 is 3.18. The molecule has 0 aliphatic rings. The second kappa shape index (κ2) is 6.83. The van der Waals surface area contributed by atoms with E-state index in [0.29, 0.717) is 17.3 Å². The molecule has 0 spiro atoms. The fraction of sp³-hybridized carbons (Fsp3) is 0.429. The summed E-state index contributed by atoms with van der Waals surface area (Å²) in [5.74, 6) is -1.84. The second-order valence-electron chi connectivity index (χ2n) is 4.65. The highest BCUT2D eigenvalue weighted by Crippen LogP contribution is 2.19. The molecule has 0 radical (unpaired) electrons. The number of halogens is 2. The predicted molar refractivity (Wildman–Crippen MR) is 76.9 cm³/mol. The molecule has 1 amide bonds. The number of esters is 1. The summed E-state index contributed by atoms with van der Waals surface area (Å²) in [7, 11) is 1.25. The van der Waals surface area contributed by atoms with E-state index in [1.165, 1.54) is 25.3 Å². The Kier molecular flexibility index (Phi) is 5.68. The molecule has 1 atom stereocenters. The molecule has 4 nitrogen and oxygen atoms in total. The van der Waals surface area contributed by atoms with Crippen LogP contribution in [0.5, 0.6) is 0 Å². The highest BCUT2D eigenvalue weighted by molar-refractivity contribution is 9.10. The fourth-order valence-electron chi connectivity index (χ4n) is 1.93. The van der Waals surface area contributed by atoms with Gasteiger partial charge in [0.2, 0.25) is 0 Å². The quantitative estimate of drug-likeness (QED) is 0.834. The lowest BCUT2D eigenvalue weighted by Gasteiger charge is -2.27. The van der Waals surface area contributed by atoms with Crippen molar-refractivity contribution in [3.05, 3.63) is 34.1 Å². The number of rotatable bonds is 5. The van der Waals surface area contributed by atoms with Crippen LogP contribution in [-0.4, -0.2) is 24.5 Å². The Morgan fingerprint density at radius 3 is 2.65 bits per heavy atom. The van der Waals surface area contributed by atoms with Crippen LogP contribution in [0.15, 0.2) is 22.7 Å². The highest BCUT2D eigenvalue weighted by atomic mass is 79.9. The standard InChI is InChI=1S/C14H17BrFNO3/c1-4-7-14(2,13(19)20-3)17-12(18)10-8-9(15)5-6-11(10)16/h5-6,8H,4,7H2,1-3H3,(H,17,18). The van der Waals surface area contributed by atoms with Gasteiger partial charge in [0.15, 0.2) is 0 Å². The van der Waals surface area contributed by atoms with E-state index in [4.69, 9.17) is 4.74 Å². The Labute approximate surface area is 125 Å². The number of carbonyl (C=O) groups is 2. The molecule has 6 heteroatoms. The average molecular weight is 346 g/mol. The molecule has 110 valence electrons. The van der Waals surface area contributed by atoms with Crippen molar-refractivity contribution in [2.75, 3.05) is 7.11 Å². The highest BCUT2D eigenvalue weighted by Gasteiger charge is 2.35. The van der Waals surface area contributed by atoms with Crippen molar-refractivity contribution in [2.24, 2.45) is 0 Å². The van der Waals surface area contributed by atoms with Crippen molar-refractivity contribution in [3.63, 3.8) is 0 Å². The smallest absolute Gasteiger partial charge is 0.331 e. The number of nitrogens with one attached hydrogen (secondary N) is 1. The monoisotopic (exact) mass is 345 g/mol. The molecule has 0 saturated heterocycles. The summed E-state index contributed by atoms with van der Waals surface area (Å²) in [4.78, 5) is 24.0. The first-order valence-corrected chi connectivity index (χ1v) is 6.99. The van der Waals surface area contributed by atoms with E-state index in [0.717, 1.165) is 0 Å². The van der Waals surface area contributed by atoms with Crippen LogP contribution in [0.4, 0.5) is 4.39 Å². The van der Waals surface area contributed by atoms with Gasteiger partial charge in [-0.05, 0) is 31.5 Å². The maximum atomic E-state index is 13.7. The molecule has 1 unspecified atom stereocenters.